The van der Waals surface area contributed by atoms with E-state index in [0.717, 1.165) is 0 Å². The Labute approximate surface area is 129 Å². The second-order valence-corrected chi connectivity index (χ2v) is 7.40. The molecule has 0 bridgehead atoms. The summed E-state index contributed by atoms with van der Waals surface area (Å²) < 4.78 is 19.5. The van der Waals surface area contributed by atoms with Gasteiger partial charge in [-0.15, -0.1) is 11.3 Å². The number of rotatable bonds is 3. The lowest BCUT2D eigenvalue weighted by Crippen LogP contribution is -2.43. The van der Waals surface area contributed by atoms with Gasteiger partial charge in [-0.2, -0.15) is 0 Å². The highest BCUT2D eigenvalue weighted by molar-refractivity contribution is 9.13. The molecule has 0 atom stereocenters. The van der Waals surface area contributed by atoms with E-state index in [4.69, 9.17) is 17.0 Å². The highest BCUT2D eigenvalue weighted by Gasteiger charge is 2.52. The summed E-state index contributed by atoms with van der Waals surface area (Å²) in [6, 6.07) is 0. The summed E-state index contributed by atoms with van der Waals surface area (Å²) >= 11 is 12.7. The Bertz CT molecular complexity index is 528. The summed E-state index contributed by atoms with van der Waals surface area (Å²) in [6.45, 7) is 0. The van der Waals surface area contributed by atoms with Crippen LogP contribution in [0.2, 0.25) is 0 Å². The standard InChI is InChI=1S/C10H8Br2FNO2S2/c1-16-9(15)10(2-3-10)14-8(17)6-5(13)4(11)7(12)18-6/h2-3H2,1H3,(H,14,17). The van der Waals surface area contributed by atoms with Crippen molar-refractivity contribution in [2.45, 2.75) is 18.4 Å². The zero-order valence-corrected chi connectivity index (χ0v) is 14.0. The molecule has 98 valence electrons. The first-order valence-corrected chi connectivity index (χ1v) is 7.76. The third kappa shape index (κ3) is 2.48. The smallest absolute Gasteiger partial charge is 0.331 e. The van der Waals surface area contributed by atoms with E-state index in [9.17, 15) is 9.18 Å². The number of thiophene rings is 1. The van der Waals surface area contributed by atoms with Crippen LogP contribution >= 0.6 is 55.4 Å². The summed E-state index contributed by atoms with van der Waals surface area (Å²) in [7, 11) is 1.33. The molecule has 2 rings (SSSR count). The van der Waals surface area contributed by atoms with Gasteiger partial charge in [-0.25, -0.2) is 9.18 Å². The molecule has 8 heteroatoms. The van der Waals surface area contributed by atoms with E-state index in [-0.39, 0.29) is 11.0 Å². The molecule has 0 saturated heterocycles. The fourth-order valence-electron chi connectivity index (χ4n) is 1.49. The van der Waals surface area contributed by atoms with Crippen LogP contribution in [0.3, 0.4) is 0 Å². The predicted octanol–water partition coefficient (Wildman–Crippen LogP) is 3.38. The molecule has 0 aromatic carbocycles. The number of thiocarbonyl (C=S) groups is 1. The van der Waals surface area contributed by atoms with Gasteiger partial charge in [-0.3, -0.25) is 0 Å². The largest absolute Gasteiger partial charge is 0.467 e. The molecule has 3 nitrogen and oxygen atoms in total. The third-order valence-corrected chi connectivity index (χ3v) is 6.47. The van der Waals surface area contributed by atoms with Gasteiger partial charge >= 0.3 is 5.97 Å². The zero-order valence-electron chi connectivity index (χ0n) is 9.18. The van der Waals surface area contributed by atoms with Crippen molar-refractivity contribution in [2.24, 2.45) is 0 Å². The van der Waals surface area contributed by atoms with Gasteiger partial charge in [0.2, 0.25) is 0 Å². The van der Waals surface area contributed by atoms with Gasteiger partial charge < -0.3 is 10.1 Å². The van der Waals surface area contributed by atoms with E-state index >= 15 is 0 Å². The van der Waals surface area contributed by atoms with Gasteiger partial charge in [0.1, 0.15) is 10.5 Å². The van der Waals surface area contributed by atoms with E-state index in [1.807, 2.05) is 0 Å². The minimum absolute atomic E-state index is 0.229. The van der Waals surface area contributed by atoms with Crippen LogP contribution in [0.4, 0.5) is 4.39 Å². The van der Waals surface area contributed by atoms with Crippen molar-refractivity contribution in [3.63, 3.8) is 0 Å². The van der Waals surface area contributed by atoms with E-state index in [2.05, 4.69) is 37.2 Å². The van der Waals surface area contributed by atoms with Gasteiger partial charge in [-0.05, 0) is 44.7 Å². The summed E-state index contributed by atoms with van der Waals surface area (Å²) in [5, 5.41) is 2.90. The zero-order chi connectivity index (χ0) is 13.5. The lowest BCUT2D eigenvalue weighted by Gasteiger charge is -2.15. The molecule has 1 aromatic heterocycles. The van der Waals surface area contributed by atoms with Crippen molar-refractivity contribution in [1.82, 2.24) is 5.32 Å². The van der Waals surface area contributed by atoms with Gasteiger partial charge in [0, 0.05) is 0 Å². The van der Waals surface area contributed by atoms with Crippen molar-refractivity contribution in [3.05, 3.63) is 19.0 Å². The molecule has 18 heavy (non-hydrogen) atoms. The normalized spacial score (nSPS) is 16.2. The first-order chi connectivity index (χ1) is 8.41. The Balaban J connectivity index is 2.18. The molecule has 1 aliphatic rings. The maximum absolute atomic E-state index is 13.8. The third-order valence-electron chi connectivity index (χ3n) is 2.64. The van der Waals surface area contributed by atoms with Crippen LogP contribution in [0.1, 0.15) is 17.7 Å². The van der Waals surface area contributed by atoms with Crippen LogP contribution in [0.5, 0.6) is 0 Å². The van der Waals surface area contributed by atoms with Crippen molar-refractivity contribution >= 4 is 66.4 Å². The number of methoxy groups -OCH3 is 1. The fraction of sp³-hybridized carbons (Fsp3) is 0.400. The first kappa shape index (κ1) is 14.4. The van der Waals surface area contributed by atoms with Crippen LogP contribution in [0, 0.1) is 5.82 Å². The van der Waals surface area contributed by atoms with Crippen molar-refractivity contribution < 1.29 is 13.9 Å². The highest BCUT2D eigenvalue weighted by Crippen LogP contribution is 2.39. The molecule has 0 unspecified atom stereocenters. The topological polar surface area (TPSA) is 38.3 Å². The number of esters is 1. The Morgan fingerprint density at radius 3 is 2.56 bits per heavy atom. The van der Waals surface area contributed by atoms with Crippen LogP contribution in [-0.2, 0) is 9.53 Å². The molecule has 1 aromatic rings. The minimum atomic E-state index is -0.763. The van der Waals surface area contributed by atoms with E-state index in [1.165, 1.54) is 18.4 Å². The van der Waals surface area contributed by atoms with Crippen LogP contribution in [-0.4, -0.2) is 23.6 Å². The molecule has 1 N–H and O–H groups in total. The summed E-state index contributed by atoms with van der Waals surface area (Å²) in [6.07, 6.45) is 1.30. The predicted molar refractivity (Wildman–Crippen MR) is 78.5 cm³/mol. The van der Waals surface area contributed by atoms with E-state index in [1.54, 1.807) is 0 Å². The van der Waals surface area contributed by atoms with Gasteiger partial charge in [0.25, 0.3) is 0 Å². The van der Waals surface area contributed by atoms with Crippen LogP contribution < -0.4 is 5.32 Å². The Hall–Kier alpha value is -0.0500. The number of hydrogen-bond donors (Lipinski definition) is 1. The lowest BCUT2D eigenvalue weighted by molar-refractivity contribution is -0.143. The summed E-state index contributed by atoms with van der Waals surface area (Å²) in [5.41, 5.74) is -0.763. The average molecular weight is 417 g/mol. The van der Waals surface area contributed by atoms with Gasteiger partial charge in [-0.1, -0.05) is 12.2 Å². The molecular weight excluding hydrogens is 409 g/mol. The Morgan fingerprint density at radius 2 is 2.17 bits per heavy atom. The molecule has 0 amide bonds. The quantitative estimate of drug-likeness (QED) is 0.605. The van der Waals surface area contributed by atoms with Crippen molar-refractivity contribution in [1.29, 1.82) is 0 Å². The number of carbonyl (C=O) groups is 1. The second kappa shape index (κ2) is 5.15. The van der Waals surface area contributed by atoms with Crippen LogP contribution in [0.15, 0.2) is 8.26 Å². The minimum Gasteiger partial charge on any atom is -0.467 e. The lowest BCUT2D eigenvalue weighted by atomic mass is 10.2. The van der Waals surface area contributed by atoms with Gasteiger partial charge in [0.05, 0.1) is 20.2 Å². The van der Waals surface area contributed by atoms with Crippen molar-refractivity contribution in [3.8, 4) is 0 Å². The van der Waals surface area contributed by atoms with E-state index < -0.39 is 11.4 Å². The number of carbonyl (C=O) groups excluding carboxylic acids is 1. The Kier molecular flexibility index (Phi) is 4.10. The molecule has 1 fully saturated rings. The number of halogens is 3. The average Bonchev–Trinajstić information content (AvgIpc) is 3.08. The van der Waals surface area contributed by atoms with Gasteiger partial charge in [0.15, 0.2) is 5.82 Å². The Morgan fingerprint density at radius 1 is 1.56 bits per heavy atom. The highest BCUT2D eigenvalue weighted by atomic mass is 79.9. The maximum atomic E-state index is 13.8. The summed E-state index contributed by atoms with van der Waals surface area (Å²) in [5.74, 6) is -0.787. The van der Waals surface area contributed by atoms with E-state index in [0.29, 0.717) is 26.0 Å². The molecule has 0 aliphatic heterocycles. The molecule has 0 radical (unpaired) electrons. The number of ether oxygens (including phenoxy) is 1. The summed E-state index contributed by atoms with van der Waals surface area (Å²) in [4.78, 5) is 12.1. The molecule has 0 spiro atoms. The number of nitrogens with one attached hydrogen (secondary N) is 1. The molecule has 1 heterocycles. The molecule has 1 aliphatic carbocycles. The molecule has 1 saturated carbocycles. The SMILES string of the molecule is COC(=O)C1(NC(=S)c2sc(Br)c(Br)c2F)CC1. The van der Waals surface area contributed by atoms with Crippen molar-refractivity contribution in [2.75, 3.05) is 7.11 Å². The molecular formula is C10H8Br2FNO2S2. The van der Waals surface area contributed by atoms with Crippen LogP contribution in [0.25, 0.3) is 0 Å². The number of hydrogen-bond acceptors (Lipinski definition) is 4. The second-order valence-electron chi connectivity index (χ2n) is 3.86. The maximum Gasteiger partial charge on any atom is 0.331 e. The first-order valence-electron chi connectivity index (χ1n) is 4.95. The monoisotopic (exact) mass is 415 g/mol. The fourth-order valence-corrected chi connectivity index (χ4v) is 3.82.